The molecule has 0 aromatic heterocycles. The average Bonchev–Trinajstić information content (AvgIpc) is 2.25. The van der Waals surface area contributed by atoms with Gasteiger partial charge in [-0.3, -0.25) is 0 Å². The fraction of sp³-hybridized carbons (Fsp3) is 0.455. The van der Waals surface area contributed by atoms with E-state index in [4.69, 9.17) is 13.8 Å². The zero-order valence-electron chi connectivity index (χ0n) is 8.63. The Morgan fingerprint density at radius 3 is 2.50 bits per heavy atom. The smallest absolute Gasteiger partial charge is 0.494 e. The molecule has 1 aromatic carbocycles. The molecular weight excluding hydrogens is 208 g/mol. The number of ether oxygens (including phenoxy) is 1. The van der Waals surface area contributed by atoms with Crippen molar-refractivity contribution in [2.75, 3.05) is 6.61 Å². The predicted molar refractivity (Wildman–Crippen MR) is 62.7 cm³/mol. The van der Waals surface area contributed by atoms with Crippen molar-refractivity contribution in [3.05, 3.63) is 24.3 Å². The first kappa shape index (κ1) is 12.1. The first-order valence-corrected chi connectivity index (χ1v) is 7.99. The molecule has 0 heterocycles. The van der Waals surface area contributed by atoms with Gasteiger partial charge < -0.3 is 13.8 Å². The zero-order chi connectivity index (χ0) is 10.2. The molecule has 0 aliphatic carbocycles. The van der Waals surface area contributed by atoms with Crippen molar-refractivity contribution < 1.29 is 4.74 Å². The third-order valence-electron chi connectivity index (χ3n) is 2.09. The molecule has 0 N–H and O–H groups in total. The Hall–Kier alpha value is 0.0762. The second-order valence-corrected chi connectivity index (χ2v) is 5.22. The second-order valence-electron chi connectivity index (χ2n) is 3.33. The lowest BCUT2D eigenvalue weighted by Crippen LogP contribution is -2.07. The molecule has 1 aromatic rings. The Morgan fingerprint density at radius 2 is 1.93 bits per heavy atom. The van der Waals surface area contributed by atoms with E-state index in [2.05, 4.69) is 19.1 Å². The van der Waals surface area contributed by atoms with E-state index in [0.29, 0.717) is 0 Å². The van der Waals surface area contributed by atoms with Crippen molar-refractivity contribution in [1.82, 2.24) is 0 Å². The summed E-state index contributed by atoms with van der Waals surface area (Å²) in [6.45, 7) is 3.02. The maximum absolute atomic E-state index is 5.82. The van der Waals surface area contributed by atoms with Gasteiger partial charge in [-0.25, -0.2) is 0 Å². The highest BCUT2D eigenvalue weighted by molar-refractivity contribution is 7.01. The number of hydrogen-bond donors (Lipinski definition) is 0. The van der Waals surface area contributed by atoms with Crippen LogP contribution in [0.25, 0.3) is 0 Å². The molecule has 0 saturated heterocycles. The summed E-state index contributed by atoms with van der Waals surface area (Å²) >= 11 is -0.535. The molecule has 0 bridgehead atoms. The Bertz CT molecular complexity index is 248. The van der Waals surface area contributed by atoms with E-state index in [1.165, 1.54) is 16.5 Å². The molecule has 0 saturated carbocycles. The van der Waals surface area contributed by atoms with Crippen molar-refractivity contribution in [2.45, 2.75) is 26.2 Å². The van der Waals surface area contributed by atoms with E-state index in [1.54, 1.807) is 0 Å². The van der Waals surface area contributed by atoms with E-state index in [-0.39, 0.29) is 0 Å². The molecule has 3 heteroatoms. The summed E-state index contributed by atoms with van der Waals surface area (Å²) in [4.78, 5) is 0. The quantitative estimate of drug-likeness (QED) is 0.532. The van der Waals surface area contributed by atoms with Crippen LogP contribution < -0.4 is 8.43 Å². The molecule has 74 valence electrons. The van der Waals surface area contributed by atoms with Crippen LogP contribution in [0.2, 0.25) is 0 Å². The van der Waals surface area contributed by atoms with Gasteiger partial charge in [-0.1, -0.05) is 31.9 Å². The van der Waals surface area contributed by atoms with E-state index < -0.39 is 19.3 Å². The fourth-order valence-electron chi connectivity index (χ4n) is 1.22. The van der Waals surface area contributed by atoms with Crippen LogP contribution in [0.15, 0.2) is 24.3 Å². The summed E-state index contributed by atoms with van der Waals surface area (Å²) in [6.07, 6.45) is 3.62. The minimum absolute atomic E-state index is 0.535. The molecule has 0 spiro atoms. The van der Waals surface area contributed by atoms with Crippen LogP contribution in [-0.4, -0.2) is 25.9 Å². The van der Waals surface area contributed by atoms with E-state index in [0.717, 1.165) is 18.8 Å². The molecule has 0 radical (unpaired) electrons. The maximum atomic E-state index is 5.82. The lowest BCUT2D eigenvalue weighted by atomic mass is 10.3. The lowest BCUT2D eigenvalue weighted by molar-refractivity contribution is 0.306. The van der Waals surface area contributed by atoms with Gasteiger partial charge in [-0.2, -0.15) is 0 Å². The number of hydrogen-bond acceptors (Lipinski definition) is 1. The molecular formula is C11H15ClMgO. The summed E-state index contributed by atoms with van der Waals surface area (Å²) in [6, 6.07) is 8.15. The van der Waals surface area contributed by atoms with Gasteiger partial charge in [0.2, 0.25) is 0 Å². The van der Waals surface area contributed by atoms with Crippen LogP contribution in [0, 0.1) is 0 Å². The largest absolute Gasteiger partial charge is 0.538 e. The number of unbranched alkanes of at least 4 members (excludes halogenated alkanes) is 2. The first-order valence-electron chi connectivity index (χ1n) is 5.14. The monoisotopic (exact) mass is 222 g/mol. The van der Waals surface area contributed by atoms with Gasteiger partial charge in [0.1, 0.15) is 5.75 Å². The van der Waals surface area contributed by atoms with Crippen molar-refractivity contribution in [3.8, 4) is 5.75 Å². The topological polar surface area (TPSA) is 9.23 Å². The minimum Gasteiger partial charge on any atom is -0.494 e. The third-order valence-corrected chi connectivity index (χ3v) is 3.80. The van der Waals surface area contributed by atoms with E-state index >= 15 is 0 Å². The molecule has 0 aliphatic heterocycles. The van der Waals surface area contributed by atoms with Gasteiger partial charge in [-0.05, 0) is 18.6 Å². The van der Waals surface area contributed by atoms with Crippen LogP contribution in [-0.2, 0) is 0 Å². The molecule has 0 atom stereocenters. The molecule has 0 aliphatic rings. The molecule has 0 unspecified atom stereocenters. The zero-order valence-corrected chi connectivity index (χ0v) is 10.8. The number of rotatable bonds is 6. The summed E-state index contributed by atoms with van der Waals surface area (Å²) in [5.74, 6) is 0.962. The Morgan fingerprint density at radius 1 is 1.21 bits per heavy atom. The van der Waals surface area contributed by atoms with E-state index in [9.17, 15) is 0 Å². The Balaban J connectivity index is 2.29. The SMILES string of the molecule is CCCCCOc1cc[c]([Mg][Cl])cc1. The minimum atomic E-state index is -0.535. The number of benzene rings is 1. The van der Waals surface area contributed by atoms with Crippen molar-refractivity contribution in [1.29, 1.82) is 0 Å². The van der Waals surface area contributed by atoms with Crippen LogP contribution in [0.5, 0.6) is 5.75 Å². The summed E-state index contributed by atoms with van der Waals surface area (Å²) in [5, 5.41) is 0. The number of halogens is 1. The molecule has 1 rings (SSSR count). The van der Waals surface area contributed by atoms with Crippen LogP contribution in [0.4, 0.5) is 0 Å². The predicted octanol–water partition coefficient (Wildman–Crippen LogP) is 2.74. The standard InChI is InChI=1S/C11H15O.ClH.Mg/c1-2-3-7-10-12-11-8-5-4-6-9-11;;/h5-6,8-9H,2-3,7,10H2,1H3;1H;/q;;+1/p-1. The van der Waals surface area contributed by atoms with Gasteiger partial charge in [-0.15, -0.1) is 3.69 Å². The summed E-state index contributed by atoms with van der Waals surface area (Å²) in [7, 11) is 5.82. The van der Waals surface area contributed by atoms with Crippen LogP contribution >= 0.6 is 9.07 Å². The lowest BCUT2D eigenvalue weighted by Gasteiger charge is -2.05. The van der Waals surface area contributed by atoms with Crippen LogP contribution in [0.1, 0.15) is 26.2 Å². The highest BCUT2D eigenvalue weighted by Crippen LogP contribution is 2.08. The summed E-state index contributed by atoms with van der Waals surface area (Å²) < 4.78 is 6.85. The maximum Gasteiger partial charge on any atom is 0.538 e. The van der Waals surface area contributed by atoms with Gasteiger partial charge in [0.25, 0.3) is 0 Å². The molecule has 0 amide bonds. The van der Waals surface area contributed by atoms with Gasteiger partial charge in [0, 0.05) is 0 Å². The van der Waals surface area contributed by atoms with Crippen molar-refractivity contribution in [3.63, 3.8) is 0 Å². The molecule has 14 heavy (non-hydrogen) atoms. The first-order chi connectivity index (χ1) is 6.86. The second kappa shape index (κ2) is 7.38. The average molecular weight is 223 g/mol. The van der Waals surface area contributed by atoms with Crippen molar-refractivity contribution in [2.24, 2.45) is 0 Å². The Kier molecular flexibility index (Phi) is 6.40. The van der Waals surface area contributed by atoms with E-state index in [1.807, 2.05) is 12.1 Å². The molecule has 1 nitrogen and oxygen atoms in total. The molecule has 0 fully saturated rings. The van der Waals surface area contributed by atoms with Gasteiger partial charge in [0.15, 0.2) is 0 Å². The Labute approximate surface area is 99.3 Å². The van der Waals surface area contributed by atoms with Crippen LogP contribution in [0.3, 0.4) is 0 Å². The fourth-order valence-corrected chi connectivity index (χ4v) is 2.17. The van der Waals surface area contributed by atoms with Crippen molar-refractivity contribution >= 4 is 32.0 Å². The third kappa shape index (κ3) is 4.53. The van der Waals surface area contributed by atoms with Gasteiger partial charge in [0.05, 0.1) is 6.61 Å². The highest BCUT2D eigenvalue weighted by atomic mass is 35.5. The normalized spacial score (nSPS) is 9.57. The highest BCUT2D eigenvalue weighted by Gasteiger charge is 1.96. The van der Waals surface area contributed by atoms with Gasteiger partial charge >= 0.3 is 19.3 Å². The summed E-state index contributed by atoms with van der Waals surface area (Å²) in [5.41, 5.74) is 0.